The second-order valence-corrected chi connectivity index (χ2v) is 7.21. The van der Waals surface area contributed by atoms with Crippen LogP contribution in [-0.4, -0.2) is 42.9 Å². The van der Waals surface area contributed by atoms with Gasteiger partial charge in [-0.2, -0.15) is 0 Å². The van der Waals surface area contributed by atoms with Crippen LogP contribution in [0.1, 0.15) is 32.2 Å². The molecule has 2 aromatic heterocycles. The van der Waals surface area contributed by atoms with Crippen LogP contribution in [0.5, 0.6) is 0 Å². The first-order chi connectivity index (χ1) is 13.2. The second kappa shape index (κ2) is 7.57. The normalized spacial score (nSPS) is 12.4. The fourth-order valence-corrected chi connectivity index (χ4v) is 3.11. The standard InChI is InChI=1S/C20H24N4O4/c1-4-28-10-15-23-17-18(24(15)11-20(2,3)27)13-7-5-12(6-8-16(25)26)9-14(13)22-19(17)21/h5-9,27H,4,10-11H2,1-3H3,(H2,21,22)(H,25,26). The van der Waals surface area contributed by atoms with Crippen LogP contribution in [0.15, 0.2) is 24.3 Å². The lowest BCUT2D eigenvalue weighted by molar-refractivity contribution is -0.131. The van der Waals surface area contributed by atoms with Gasteiger partial charge in [0.1, 0.15) is 17.9 Å². The molecular weight excluding hydrogens is 360 g/mol. The number of carboxylic acid groups (broad SMARTS) is 1. The predicted molar refractivity (Wildman–Crippen MR) is 108 cm³/mol. The fourth-order valence-electron chi connectivity index (χ4n) is 3.11. The maximum absolute atomic E-state index is 10.8. The Kier molecular flexibility index (Phi) is 5.35. The maximum atomic E-state index is 10.8. The number of carboxylic acids is 1. The van der Waals surface area contributed by atoms with Crippen molar-refractivity contribution in [1.29, 1.82) is 0 Å². The predicted octanol–water partition coefficient (Wildman–Crippen LogP) is 2.57. The average Bonchev–Trinajstić information content (AvgIpc) is 2.95. The number of nitrogens with zero attached hydrogens (tertiary/aromatic N) is 3. The smallest absolute Gasteiger partial charge is 0.328 e. The van der Waals surface area contributed by atoms with Crippen LogP contribution in [0.2, 0.25) is 0 Å². The van der Waals surface area contributed by atoms with Crippen LogP contribution in [0.25, 0.3) is 28.0 Å². The van der Waals surface area contributed by atoms with E-state index in [1.54, 1.807) is 19.9 Å². The number of fused-ring (bicyclic) bond motifs is 3. The highest BCUT2D eigenvalue weighted by atomic mass is 16.5. The number of imidazole rings is 1. The summed E-state index contributed by atoms with van der Waals surface area (Å²) in [5.41, 5.74) is 7.85. The number of hydrogen-bond acceptors (Lipinski definition) is 6. The molecule has 1 aromatic carbocycles. The first-order valence-corrected chi connectivity index (χ1v) is 8.99. The minimum absolute atomic E-state index is 0.272. The molecule has 148 valence electrons. The quantitative estimate of drug-likeness (QED) is 0.535. The third-order valence-electron chi connectivity index (χ3n) is 4.21. The SMILES string of the molecule is CCOCc1nc2c(N)nc3cc(C=CC(=O)O)ccc3c2n1CC(C)(C)O. The van der Waals surface area contributed by atoms with E-state index >= 15 is 0 Å². The Hall–Kier alpha value is -2.97. The summed E-state index contributed by atoms with van der Waals surface area (Å²) in [4.78, 5) is 19.8. The van der Waals surface area contributed by atoms with Crippen LogP contribution in [0.4, 0.5) is 5.82 Å². The molecule has 0 aliphatic carbocycles. The fraction of sp³-hybridized carbons (Fsp3) is 0.350. The van der Waals surface area contributed by atoms with Crippen molar-refractivity contribution >= 4 is 39.8 Å². The molecule has 0 radical (unpaired) electrons. The van der Waals surface area contributed by atoms with Gasteiger partial charge in [-0.05, 0) is 38.5 Å². The van der Waals surface area contributed by atoms with E-state index in [1.807, 2.05) is 23.6 Å². The first kappa shape index (κ1) is 19.8. The molecule has 28 heavy (non-hydrogen) atoms. The van der Waals surface area contributed by atoms with Gasteiger partial charge >= 0.3 is 5.97 Å². The molecule has 0 bridgehead atoms. The third-order valence-corrected chi connectivity index (χ3v) is 4.21. The van der Waals surface area contributed by atoms with Gasteiger partial charge in [-0.25, -0.2) is 14.8 Å². The minimum atomic E-state index is -1.02. The maximum Gasteiger partial charge on any atom is 0.328 e. The van der Waals surface area contributed by atoms with Crippen molar-refractivity contribution < 1.29 is 19.7 Å². The highest BCUT2D eigenvalue weighted by Gasteiger charge is 2.22. The number of anilines is 1. The van der Waals surface area contributed by atoms with E-state index in [4.69, 9.17) is 15.6 Å². The molecule has 0 amide bonds. The first-order valence-electron chi connectivity index (χ1n) is 8.99. The number of benzene rings is 1. The zero-order valence-corrected chi connectivity index (χ0v) is 16.1. The lowest BCUT2D eigenvalue weighted by Crippen LogP contribution is -2.27. The highest BCUT2D eigenvalue weighted by molar-refractivity contribution is 6.07. The largest absolute Gasteiger partial charge is 0.478 e. The van der Waals surface area contributed by atoms with Gasteiger partial charge in [0.05, 0.1) is 23.2 Å². The Labute approximate surface area is 162 Å². The van der Waals surface area contributed by atoms with E-state index in [0.717, 1.165) is 17.0 Å². The molecule has 0 unspecified atom stereocenters. The van der Waals surface area contributed by atoms with Crippen LogP contribution in [-0.2, 0) is 22.7 Å². The van der Waals surface area contributed by atoms with Gasteiger partial charge in [-0.1, -0.05) is 12.1 Å². The molecular formula is C20H24N4O4. The Balaban J connectivity index is 2.26. The topological polar surface area (TPSA) is 123 Å². The monoisotopic (exact) mass is 384 g/mol. The molecule has 2 heterocycles. The van der Waals surface area contributed by atoms with Gasteiger partial charge < -0.3 is 25.3 Å². The van der Waals surface area contributed by atoms with Gasteiger partial charge in [-0.15, -0.1) is 0 Å². The van der Waals surface area contributed by atoms with Gasteiger partial charge in [0, 0.05) is 18.1 Å². The Morgan fingerprint density at radius 2 is 2.11 bits per heavy atom. The molecule has 8 nitrogen and oxygen atoms in total. The van der Waals surface area contributed by atoms with Crippen molar-refractivity contribution in [3.05, 3.63) is 35.7 Å². The number of aliphatic hydroxyl groups is 1. The molecule has 0 saturated carbocycles. The van der Waals surface area contributed by atoms with Crippen LogP contribution in [0, 0.1) is 0 Å². The van der Waals surface area contributed by atoms with Crippen LogP contribution < -0.4 is 5.73 Å². The Morgan fingerprint density at radius 3 is 2.75 bits per heavy atom. The van der Waals surface area contributed by atoms with E-state index in [1.165, 1.54) is 6.08 Å². The van der Waals surface area contributed by atoms with E-state index in [9.17, 15) is 9.90 Å². The van der Waals surface area contributed by atoms with Crippen molar-refractivity contribution in [2.75, 3.05) is 12.3 Å². The average molecular weight is 384 g/mol. The summed E-state index contributed by atoms with van der Waals surface area (Å²) >= 11 is 0. The van der Waals surface area contributed by atoms with E-state index in [0.29, 0.717) is 42.2 Å². The van der Waals surface area contributed by atoms with Crippen molar-refractivity contribution in [3.63, 3.8) is 0 Å². The number of carbonyl (C=O) groups is 1. The molecule has 0 saturated heterocycles. The second-order valence-electron chi connectivity index (χ2n) is 7.21. The van der Waals surface area contributed by atoms with Gasteiger partial charge in [0.2, 0.25) is 0 Å². The summed E-state index contributed by atoms with van der Waals surface area (Å²) in [6.45, 7) is 6.50. The molecule has 0 fully saturated rings. The number of nitrogen functional groups attached to an aromatic ring is 1. The minimum Gasteiger partial charge on any atom is -0.478 e. The number of hydrogen-bond donors (Lipinski definition) is 3. The number of aromatic nitrogens is 3. The summed E-state index contributed by atoms with van der Waals surface area (Å²) in [7, 11) is 0. The summed E-state index contributed by atoms with van der Waals surface area (Å²) in [5, 5.41) is 20.0. The molecule has 4 N–H and O–H groups in total. The van der Waals surface area contributed by atoms with E-state index in [-0.39, 0.29) is 5.82 Å². The molecule has 0 aliphatic heterocycles. The molecule has 8 heteroatoms. The van der Waals surface area contributed by atoms with E-state index in [2.05, 4.69) is 9.97 Å². The Bertz CT molecular complexity index is 1060. The van der Waals surface area contributed by atoms with E-state index < -0.39 is 11.6 Å². The summed E-state index contributed by atoms with van der Waals surface area (Å²) < 4.78 is 7.45. The number of pyridine rings is 1. The summed E-state index contributed by atoms with van der Waals surface area (Å²) in [6.07, 6.45) is 2.57. The van der Waals surface area contributed by atoms with Gasteiger partial charge in [0.25, 0.3) is 0 Å². The summed E-state index contributed by atoms with van der Waals surface area (Å²) in [5.74, 6) is -0.0872. The molecule has 3 aromatic rings. The van der Waals surface area contributed by atoms with Gasteiger partial charge in [0.15, 0.2) is 5.82 Å². The van der Waals surface area contributed by atoms with Crippen molar-refractivity contribution in [1.82, 2.24) is 14.5 Å². The zero-order chi connectivity index (χ0) is 20.5. The third kappa shape index (κ3) is 4.13. The number of rotatable bonds is 7. The molecule has 0 aliphatic rings. The van der Waals surface area contributed by atoms with Gasteiger partial charge in [-0.3, -0.25) is 0 Å². The zero-order valence-electron chi connectivity index (χ0n) is 16.1. The van der Waals surface area contributed by atoms with Crippen LogP contribution >= 0.6 is 0 Å². The molecule has 0 atom stereocenters. The summed E-state index contributed by atoms with van der Waals surface area (Å²) in [6, 6.07) is 5.44. The number of nitrogens with two attached hydrogens (primary N) is 1. The number of aliphatic carboxylic acids is 1. The molecule has 0 spiro atoms. The van der Waals surface area contributed by atoms with Crippen molar-refractivity contribution in [2.45, 2.75) is 39.5 Å². The Morgan fingerprint density at radius 1 is 1.36 bits per heavy atom. The lowest BCUT2D eigenvalue weighted by atomic mass is 10.1. The van der Waals surface area contributed by atoms with Crippen molar-refractivity contribution in [3.8, 4) is 0 Å². The number of ether oxygens (including phenoxy) is 1. The molecule has 3 rings (SSSR count). The van der Waals surface area contributed by atoms with Crippen LogP contribution in [0.3, 0.4) is 0 Å². The highest BCUT2D eigenvalue weighted by Crippen LogP contribution is 2.31. The van der Waals surface area contributed by atoms with Crippen molar-refractivity contribution in [2.24, 2.45) is 0 Å². The lowest BCUT2D eigenvalue weighted by Gasteiger charge is -2.20.